The maximum atomic E-state index is 12.4. The van der Waals surface area contributed by atoms with Gasteiger partial charge in [-0.1, -0.05) is 0 Å². The van der Waals surface area contributed by atoms with Crippen LogP contribution in [0.2, 0.25) is 0 Å². The number of methoxy groups -OCH3 is 1. The maximum Gasteiger partial charge on any atom is 0.240 e. The van der Waals surface area contributed by atoms with Crippen molar-refractivity contribution < 1.29 is 18.3 Å². The molecule has 1 unspecified atom stereocenters. The van der Waals surface area contributed by atoms with Crippen molar-refractivity contribution in [1.29, 1.82) is 0 Å². The van der Waals surface area contributed by atoms with E-state index in [2.05, 4.69) is 4.72 Å². The van der Waals surface area contributed by atoms with Gasteiger partial charge in [-0.15, -0.1) is 11.3 Å². The Hall–Kier alpha value is -1.41. The van der Waals surface area contributed by atoms with E-state index in [4.69, 9.17) is 4.74 Å². The van der Waals surface area contributed by atoms with Crippen molar-refractivity contribution >= 4 is 21.4 Å². The van der Waals surface area contributed by atoms with Gasteiger partial charge in [-0.05, 0) is 61.0 Å². The van der Waals surface area contributed by atoms with Gasteiger partial charge in [0, 0.05) is 11.4 Å². The molecule has 0 radical (unpaired) electrons. The highest BCUT2D eigenvalue weighted by Gasteiger charge is 2.20. The van der Waals surface area contributed by atoms with Gasteiger partial charge in [0.15, 0.2) is 0 Å². The quantitative estimate of drug-likeness (QED) is 0.835. The summed E-state index contributed by atoms with van der Waals surface area (Å²) < 4.78 is 32.6. The van der Waals surface area contributed by atoms with Crippen molar-refractivity contribution in [3.8, 4) is 5.75 Å². The summed E-state index contributed by atoms with van der Waals surface area (Å²) in [6, 6.07) is 5.03. The van der Waals surface area contributed by atoms with Crippen LogP contribution in [0, 0.1) is 20.8 Å². The largest absolute Gasteiger partial charge is 0.496 e. The number of nitrogens with one attached hydrogen (secondary N) is 1. The summed E-state index contributed by atoms with van der Waals surface area (Å²) in [6.07, 6.45) is -0.856. The lowest BCUT2D eigenvalue weighted by molar-refractivity contribution is 0.185. The van der Waals surface area contributed by atoms with E-state index in [1.54, 1.807) is 33.1 Å². The number of thiophene rings is 1. The van der Waals surface area contributed by atoms with Gasteiger partial charge in [-0.25, -0.2) is 13.1 Å². The monoisotopic (exact) mass is 355 g/mol. The second-order valence-electron chi connectivity index (χ2n) is 5.43. The molecule has 23 heavy (non-hydrogen) atoms. The van der Waals surface area contributed by atoms with Crippen LogP contribution < -0.4 is 9.46 Å². The topological polar surface area (TPSA) is 75.6 Å². The van der Waals surface area contributed by atoms with Crippen molar-refractivity contribution in [3.63, 3.8) is 0 Å². The fraction of sp³-hybridized carbons (Fsp3) is 0.375. The minimum atomic E-state index is -3.69. The van der Waals surface area contributed by atoms with Gasteiger partial charge in [0.25, 0.3) is 0 Å². The maximum absolute atomic E-state index is 12.4. The molecule has 0 aliphatic heterocycles. The van der Waals surface area contributed by atoms with Crippen molar-refractivity contribution in [1.82, 2.24) is 4.72 Å². The molecule has 0 amide bonds. The molecule has 1 heterocycles. The molecular formula is C16H21NO4S2. The molecule has 1 atom stereocenters. The molecule has 1 aromatic carbocycles. The molecule has 1 aromatic heterocycles. The Bertz CT molecular complexity index is 773. The summed E-state index contributed by atoms with van der Waals surface area (Å²) in [7, 11) is -2.13. The molecule has 2 aromatic rings. The minimum absolute atomic E-state index is 0.0617. The van der Waals surface area contributed by atoms with Gasteiger partial charge in [-0.2, -0.15) is 0 Å². The minimum Gasteiger partial charge on any atom is -0.496 e. The molecule has 0 aliphatic carbocycles. The van der Waals surface area contributed by atoms with E-state index in [0.717, 1.165) is 21.6 Å². The summed E-state index contributed by atoms with van der Waals surface area (Å²) in [6.45, 7) is 5.43. The van der Waals surface area contributed by atoms with Crippen LogP contribution in [-0.4, -0.2) is 27.2 Å². The van der Waals surface area contributed by atoms with E-state index >= 15 is 0 Å². The molecule has 5 nitrogen and oxygen atoms in total. The Morgan fingerprint density at radius 3 is 2.30 bits per heavy atom. The van der Waals surface area contributed by atoms with Gasteiger partial charge in [0.2, 0.25) is 10.0 Å². The van der Waals surface area contributed by atoms with Gasteiger partial charge in [-0.3, -0.25) is 0 Å². The lowest BCUT2D eigenvalue weighted by Gasteiger charge is -2.14. The van der Waals surface area contributed by atoms with E-state index in [1.807, 2.05) is 18.4 Å². The predicted octanol–water partition coefficient (Wildman–Crippen LogP) is 2.69. The number of aliphatic hydroxyl groups excluding tert-OH is 1. The third-order valence-corrected chi connectivity index (χ3v) is 6.14. The van der Waals surface area contributed by atoms with Crippen LogP contribution in [0.25, 0.3) is 0 Å². The molecule has 0 aliphatic rings. The zero-order chi connectivity index (χ0) is 17.2. The highest BCUT2D eigenvalue weighted by molar-refractivity contribution is 7.89. The molecular weight excluding hydrogens is 334 g/mol. The third-order valence-electron chi connectivity index (χ3n) is 3.62. The average Bonchev–Trinajstić information content (AvgIpc) is 2.91. The Balaban J connectivity index is 2.18. The van der Waals surface area contributed by atoms with Crippen LogP contribution >= 0.6 is 11.3 Å². The Kier molecular flexibility index (Phi) is 5.46. The zero-order valence-electron chi connectivity index (χ0n) is 13.6. The highest BCUT2D eigenvalue weighted by Crippen LogP contribution is 2.27. The van der Waals surface area contributed by atoms with Gasteiger partial charge >= 0.3 is 0 Å². The first-order valence-corrected chi connectivity index (χ1v) is 9.49. The molecule has 7 heteroatoms. The van der Waals surface area contributed by atoms with Crippen LogP contribution in [0.1, 0.15) is 27.7 Å². The van der Waals surface area contributed by atoms with E-state index in [0.29, 0.717) is 5.75 Å². The number of hydrogen-bond donors (Lipinski definition) is 2. The summed E-state index contributed by atoms with van der Waals surface area (Å²) in [5.74, 6) is 0.679. The average molecular weight is 355 g/mol. The van der Waals surface area contributed by atoms with Crippen LogP contribution in [0.15, 0.2) is 28.5 Å². The van der Waals surface area contributed by atoms with Crippen molar-refractivity contribution in [2.24, 2.45) is 0 Å². The molecule has 2 N–H and O–H groups in total. The van der Waals surface area contributed by atoms with Crippen LogP contribution in [-0.2, 0) is 10.0 Å². The highest BCUT2D eigenvalue weighted by atomic mass is 32.2. The van der Waals surface area contributed by atoms with Crippen LogP contribution in [0.4, 0.5) is 0 Å². The van der Waals surface area contributed by atoms with Gasteiger partial charge < -0.3 is 9.84 Å². The first kappa shape index (κ1) is 17.9. The van der Waals surface area contributed by atoms with Gasteiger partial charge in [0.1, 0.15) is 11.9 Å². The lowest BCUT2D eigenvalue weighted by atomic mass is 10.1. The Morgan fingerprint density at radius 1 is 1.22 bits per heavy atom. The molecule has 2 rings (SSSR count). The second-order valence-corrected chi connectivity index (χ2v) is 8.14. The van der Waals surface area contributed by atoms with Gasteiger partial charge in [0.05, 0.1) is 12.0 Å². The van der Waals surface area contributed by atoms with Crippen molar-refractivity contribution in [3.05, 3.63) is 45.1 Å². The first-order valence-electron chi connectivity index (χ1n) is 7.13. The van der Waals surface area contributed by atoms with E-state index < -0.39 is 16.1 Å². The number of aliphatic hydroxyl groups is 1. The standard InChI is InChI=1S/C16H21NO4S2/c1-10-5-6-22-16(10)14(18)9-17-23(19,20)13-7-11(2)15(21-4)12(3)8-13/h5-8,14,17-18H,9H2,1-4H3. The second kappa shape index (κ2) is 7.00. The van der Waals surface area contributed by atoms with Crippen LogP contribution in [0.3, 0.4) is 0 Å². The molecule has 0 saturated carbocycles. The van der Waals surface area contributed by atoms with Crippen molar-refractivity contribution in [2.45, 2.75) is 31.8 Å². The Labute approximate surface area is 141 Å². The molecule has 0 spiro atoms. The first-order chi connectivity index (χ1) is 10.8. The summed E-state index contributed by atoms with van der Waals surface area (Å²) in [5.41, 5.74) is 2.46. The third kappa shape index (κ3) is 3.92. The van der Waals surface area contributed by atoms with E-state index in [1.165, 1.54) is 11.3 Å². The molecule has 0 fully saturated rings. The van der Waals surface area contributed by atoms with Crippen molar-refractivity contribution in [2.75, 3.05) is 13.7 Å². The molecule has 0 saturated heterocycles. The summed E-state index contributed by atoms with van der Waals surface area (Å²) in [4.78, 5) is 0.943. The number of benzene rings is 1. The van der Waals surface area contributed by atoms with Crippen LogP contribution in [0.5, 0.6) is 5.75 Å². The molecule has 126 valence electrons. The number of rotatable bonds is 6. The summed E-state index contributed by atoms with van der Waals surface area (Å²) >= 11 is 1.41. The number of hydrogen-bond acceptors (Lipinski definition) is 5. The molecule has 0 bridgehead atoms. The predicted molar refractivity (Wildman–Crippen MR) is 91.7 cm³/mol. The normalized spacial score (nSPS) is 13.1. The fourth-order valence-corrected chi connectivity index (χ4v) is 4.60. The SMILES string of the molecule is COc1c(C)cc(S(=O)(=O)NCC(O)c2sccc2C)cc1C. The number of ether oxygens (including phenoxy) is 1. The smallest absolute Gasteiger partial charge is 0.240 e. The van der Waals surface area contributed by atoms with E-state index in [-0.39, 0.29) is 11.4 Å². The fourth-order valence-electron chi connectivity index (χ4n) is 2.48. The number of aryl methyl sites for hydroxylation is 3. The lowest BCUT2D eigenvalue weighted by Crippen LogP contribution is -2.28. The number of sulfonamides is 1. The van der Waals surface area contributed by atoms with E-state index in [9.17, 15) is 13.5 Å². The Morgan fingerprint density at radius 2 is 1.83 bits per heavy atom. The summed E-state index contributed by atoms with van der Waals surface area (Å²) in [5, 5.41) is 12.0. The zero-order valence-corrected chi connectivity index (χ0v) is 15.2.